The Labute approximate surface area is 194 Å². The average molecular weight is 484 g/mol. The van der Waals surface area contributed by atoms with Gasteiger partial charge in [0.25, 0.3) is 5.82 Å². The van der Waals surface area contributed by atoms with E-state index < -0.39 is 5.41 Å². The van der Waals surface area contributed by atoms with Crippen molar-refractivity contribution < 1.29 is 31.4 Å². The summed E-state index contributed by atoms with van der Waals surface area (Å²) in [6.07, 6.45) is 6.91. The fourth-order valence-corrected chi connectivity index (χ4v) is 5.38. The minimum absolute atomic E-state index is 0. The van der Waals surface area contributed by atoms with Gasteiger partial charge in [-0.2, -0.15) is 0 Å². The van der Waals surface area contributed by atoms with Crippen molar-refractivity contribution in [2.45, 2.75) is 44.2 Å². The lowest BCUT2D eigenvalue weighted by Crippen LogP contribution is -3.00. The molecule has 2 aromatic carbocycles. The van der Waals surface area contributed by atoms with Crippen LogP contribution in [0.3, 0.4) is 0 Å². The lowest BCUT2D eigenvalue weighted by Gasteiger charge is -2.37. The van der Waals surface area contributed by atoms with Crippen molar-refractivity contribution in [3.8, 4) is 0 Å². The van der Waals surface area contributed by atoms with E-state index >= 15 is 0 Å². The van der Waals surface area contributed by atoms with Gasteiger partial charge in [-0.05, 0) is 36.3 Å². The topological polar surface area (TPSA) is 72.1 Å². The number of carbonyl (C=O) groups excluding carboxylic acids is 1. The molecule has 1 amide bonds. The third-order valence-corrected chi connectivity index (χ3v) is 6.80. The smallest absolute Gasteiger partial charge is 0.253 e. The van der Waals surface area contributed by atoms with Crippen LogP contribution in [0, 0.1) is 12.8 Å². The van der Waals surface area contributed by atoms with Crippen LogP contribution in [0.4, 0.5) is 0 Å². The molecule has 1 fully saturated rings. The van der Waals surface area contributed by atoms with Gasteiger partial charge in [-0.3, -0.25) is 4.79 Å². The molecule has 0 bridgehead atoms. The van der Waals surface area contributed by atoms with Crippen LogP contribution >= 0.6 is 0 Å². The highest BCUT2D eigenvalue weighted by atomic mass is 79.9. The van der Waals surface area contributed by atoms with Crippen molar-refractivity contribution in [2.24, 2.45) is 11.7 Å². The Balaban J connectivity index is 0.00000272. The summed E-state index contributed by atoms with van der Waals surface area (Å²) in [5, 5.41) is 9.30. The molecular weight excluding hydrogens is 454 g/mol. The molecule has 5 nitrogen and oxygen atoms in total. The van der Waals surface area contributed by atoms with Gasteiger partial charge in [0.05, 0.1) is 6.61 Å². The van der Waals surface area contributed by atoms with E-state index in [1.165, 1.54) is 0 Å². The number of carbonyl (C=O) groups is 1. The van der Waals surface area contributed by atoms with E-state index in [1.807, 2.05) is 66.9 Å². The second kappa shape index (κ2) is 9.79. The molecule has 0 spiro atoms. The van der Waals surface area contributed by atoms with Crippen molar-refractivity contribution in [3.05, 3.63) is 90.0 Å². The second-order valence-electron chi connectivity index (χ2n) is 8.24. The molecule has 0 radical (unpaired) electrons. The highest BCUT2D eigenvalue weighted by Crippen LogP contribution is 2.49. The number of nitrogens with zero attached hydrogens (tertiary/aromatic N) is 2. The third kappa shape index (κ3) is 4.06. The number of aromatic nitrogens is 2. The number of primary amides is 1. The fourth-order valence-electron chi connectivity index (χ4n) is 5.38. The first kappa shape index (κ1) is 23.2. The van der Waals surface area contributed by atoms with Crippen LogP contribution in [0.2, 0.25) is 0 Å². The maximum absolute atomic E-state index is 13.2. The summed E-state index contributed by atoms with van der Waals surface area (Å²) in [5.74, 6) is 0.946. The van der Waals surface area contributed by atoms with E-state index in [1.54, 1.807) is 0 Å². The summed E-state index contributed by atoms with van der Waals surface area (Å²) in [6, 6.07) is 20.3. The second-order valence-corrected chi connectivity index (χ2v) is 8.24. The first-order valence-corrected chi connectivity index (χ1v) is 10.7. The Morgan fingerprint density at radius 2 is 1.68 bits per heavy atom. The summed E-state index contributed by atoms with van der Waals surface area (Å²) in [7, 11) is 0. The minimum atomic E-state index is -0.848. The first-order chi connectivity index (χ1) is 14.6. The van der Waals surface area contributed by atoms with Gasteiger partial charge in [0, 0.05) is 6.92 Å². The number of aliphatic hydroxyl groups is 1. The van der Waals surface area contributed by atoms with Crippen molar-refractivity contribution in [3.63, 3.8) is 0 Å². The van der Waals surface area contributed by atoms with Gasteiger partial charge >= 0.3 is 0 Å². The molecule has 1 aliphatic rings. The molecule has 1 aliphatic carbocycles. The molecule has 2 atom stereocenters. The van der Waals surface area contributed by atoms with E-state index in [4.69, 9.17) is 5.73 Å². The van der Waals surface area contributed by atoms with E-state index in [9.17, 15) is 9.90 Å². The lowest BCUT2D eigenvalue weighted by atomic mass is 9.64. The van der Waals surface area contributed by atoms with Gasteiger partial charge in [0.15, 0.2) is 0 Å². The number of aliphatic hydroxyl groups excluding tert-OH is 1. The fraction of sp³-hybridized carbons (Fsp3) is 0.360. The molecule has 3 N–H and O–H groups in total. The van der Waals surface area contributed by atoms with Crippen LogP contribution in [0.5, 0.6) is 0 Å². The Bertz CT molecular complexity index is 965. The molecular formula is C25H30BrN3O2. The van der Waals surface area contributed by atoms with Gasteiger partial charge < -0.3 is 27.8 Å². The molecule has 0 aliphatic heterocycles. The Hall–Kier alpha value is -2.44. The number of hydrogen-bond acceptors (Lipinski definition) is 2. The number of imidazole rings is 1. The lowest BCUT2D eigenvalue weighted by molar-refractivity contribution is -0.703. The average Bonchev–Trinajstić information content (AvgIpc) is 3.38. The van der Waals surface area contributed by atoms with Gasteiger partial charge in [0.2, 0.25) is 5.91 Å². The van der Waals surface area contributed by atoms with Gasteiger partial charge in [0.1, 0.15) is 30.4 Å². The minimum Gasteiger partial charge on any atom is -1.00 e. The van der Waals surface area contributed by atoms with Crippen LogP contribution < -0.4 is 27.3 Å². The molecule has 6 heteroatoms. The summed E-state index contributed by atoms with van der Waals surface area (Å²) in [4.78, 5) is 13.2. The molecule has 31 heavy (non-hydrogen) atoms. The maximum atomic E-state index is 13.2. The van der Waals surface area contributed by atoms with Crippen molar-refractivity contribution in [1.82, 2.24) is 4.57 Å². The van der Waals surface area contributed by atoms with Gasteiger partial charge in [-0.15, -0.1) is 0 Å². The van der Waals surface area contributed by atoms with Crippen LogP contribution in [-0.2, 0) is 16.8 Å². The SMILES string of the molecule is Cc1n([C@@H]2CC[C@H](C(C(N)=O)(c3ccccc3)c3ccccc3)C2)cc[n+]1CCO.[Br-]. The number of halogens is 1. The van der Waals surface area contributed by atoms with E-state index in [2.05, 4.69) is 22.3 Å². The molecule has 1 heterocycles. The molecule has 0 saturated heterocycles. The Morgan fingerprint density at radius 3 is 2.19 bits per heavy atom. The van der Waals surface area contributed by atoms with Crippen molar-refractivity contribution in [2.75, 3.05) is 6.61 Å². The zero-order valence-corrected chi connectivity index (χ0v) is 19.4. The number of benzene rings is 2. The van der Waals surface area contributed by atoms with Gasteiger partial charge in [-0.25, -0.2) is 9.13 Å². The highest BCUT2D eigenvalue weighted by Gasteiger charge is 2.51. The van der Waals surface area contributed by atoms with Crippen LogP contribution in [-0.4, -0.2) is 22.2 Å². The predicted molar refractivity (Wildman–Crippen MR) is 116 cm³/mol. The molecule has 0 unspecified atom stereocenters. The van der Waals surface area contributed by atoms with E-state index in [0.717, 1.165) is 36.2 Å². The Morgan fingerprint density at radius 1 is 1.10 bits per heavy atom. The third-order valence-electron chi connectivity index (χ3n) is 6.80. The first-order valence-electron chi connectivity index (χ1n) is 10.7. The molecule has 4 rings (SSSR count). The van der Waals surface area contributed by atoms with Crippen molar-refractivity contribution >= 4 is 5.91 Å². The number of rotatable bonds is 7. The zero-order chi connectivity index (χ0) is 21.1. The summed E-state index contributed by atoms with van der Waals surface area (Å²) in [5.41, 5.74) is 7.28. The monoisotopic (exact) mass is 483 g/mol. The van der Waals surface area contributed by atoms with Crippen molar-refractivity contribution in [1.29, 1.82) is 0 Å². The molecule has 1 aromatic heterocycles. The largest absolute Gasteiger partial charge is 1.00 e. The summed E-state index contributed by atoms with van der Waals surface area (Å²) in [6.45, 7) is 2.79. The molecule has 3 aromatic rings. The number of hydrogen-bond donors (Lipinski definition) is 2. The quantitative estimate of drug-likeness (QED) is 0.460. The summed E-state index contributed by atoms with van der Waals surface area (Å²) < 4.78 is 4.36. The normalized spacial score (nSPS) is 18.5. The standard InChI is InChI=1S/C25H29N3O2.BrH/c1-19-27(16-17-29)14-15-28(19)23-13-12-22(18-23)25(24(26)30,20-8-4-2-5-9-20)21-10-6-3-7-11-21;/h2-11,14-15,22-23,29H,12-13,16-18H2,1H3,(H-,26,30);1H/t22-,23+;/m0./s1. The number of amides is 1. The van der Waals surface area contributed by atoms with E-state index in [0.29, 0.717) is 12.6 Å². The van der Waals surface area contributed by atoms with Crippen LogP contribution in [0.25, 0.3) is 0 Å². The Kier molecular flexibility index (Phi) is 7.34. The molecule has 164 valence electrons. The van der Waals surface area contributed by atoms with E-state index in [-0.39, 0.29) is 35.4 Å². The summed E-state index contributed by atoms with van der Waals surface area (Å²) >= 11 is 0. The van der Waals surface area contributed by atoms with Crippen LogP contribution in [0.15, 0.2) is 73.1 Å². The highest BCUT2D eigenvalue weighted by molar-refractivity contribution is 5.91. The maximum Gasteiger partial charge on any atom is 0.253 e. The zero-order valence-electron chi connectivity index (χ0n) is 17.8. The molecule has 1 saturated carbocycles. The number of nitrogens with two attached hydrogens (primary N) is 1. The predicted octanol–water partition coefficient (Wildman–Crippen LogP) is -0.107. The van der Waals surface area contributed by atoms with Crippen LogP contribution in [0.1, 0.15) is 42.3 Å². The van der Waals surface area contributed by atoms with Gasteiger partial charge in [-0.1, -0.05) is 60.7 Å².